The van der Waals surface area contributed by atoms with Gasteiger partial charge < -0.3 is 65.1 Å². The van der Waals surface area contributed by atoms with Gasteiger partial charge in [0.05, 0.1) is 32.0 Å². The van der Waals surface area contributed by atoms with E-state index in [-0.39, 0.29) is 18.9 Å². The molecule has 2 rings (SSSR count). The number of amides is 1. The van der Waals surface area contributed by atoms with Gasteiger partial charge in [-0.3, -0.25) is 4.79 Å². The third-order valence-corrected chi connectivity index (χ3v) is 19.2. The van der Waals surface area contributed by atoms with Crippen molar-refractivity contribution in [2.24, 2.45) is 0 Å². The summed E-state index contributed by atoms with van der Waals surface area (Å²) in [5.74, 6) is -0.247. The summed E-state index contributed by atoms with van der Waals surface area (Å²) in [6.07, 6.45) is 67.8. The lowest BCUT2D eigenvalue weighted by Crippen LogP contribution is -2.65. The summed E-state index contributed by atoms with van der Waals surface area (Å²) >= 11 is 0. The van der Waals surface area contributed by atoms with Crippen LogP contribution in [0.15, 0.2) is 48.6 Å². The van der Waals surface area contributed by atoms with E-state index in [0.29, 0.717) is 12.8 Å². The van der Waals surface area contributed by atoms with Gasteiger partial charge in [0.1, 0.15) is 48.8 Å². The topological polar surface area (TPSA) is 228 Å². The molecule has 0 bridgehead atoms. The quantitative estimate of drug-likeness (QED) is 0.0204. The monoisotopic (exact) mass is 1320 g/mol. The molecule has 14 heteroatoms. The van der Waals surface area contributed by atoms with Crippen LogP contribution < -0.4 is 5.32 Å². The average Bonchev–Trinajstić information content (AvgIpc) is 0.852. The number of unbranched alkanes of at least 4 members (excludes halogenated alkanes) is 47. The van der Waals surface area contributed by atoms with Crippen molar-refractivity contribution < 1.29 is 64.6 Å². The van der Waals surface area contributed by atoms with Gasteiger partial charge in [0.15, 0.2) is 12.6 Å². The highest BCUT2D eigenvalue weighted by Crippen LogP contribution is 2.30. The highest BCUT2D eigenvalue weighted by atomic mass is 16.7. The van der Waals surface area contributed by atoms with E-state index in [0.717, 1.165) is 44.9 Å². The van der Waals surface area contributed by atoms with Gasteiger partial charge >= 0.3 is 0 Å². The molecule has 2 aliphatic heterocycles. The number of aliphatic hydroxyl groups excluding tert-OH is 8. The van der Waals surface area contributed by atoms with E-state index in [9.17, 15) is 45.6 Å². The van der Waals surface area contributed by atoms with Crippen LogP contribution in [0.1, 0.15) is 354 Å². The molecule has 0 aromatic rings. The summed E-state index contributed by atoms with van der Waals surface area (Å²) in [5, 5.41) is 87.5. The molecule has 0 aromatic heterocycles. The van der Waals surface area contributed by atoms with Crippen LogP contribution in [0.2, 0.25) is 0 Å². The molecule has 546 valence electrons. The molecule has 2 aliphatic rings. The minimum absolute atomic E-state index is 0.247. The average molecular weight is 1320 g/mol. The number of rotatable bonds is 66. The molecule has 12 atom stereocenters. The van der Waals surface area contributed by atoms with Crippen LogP contribution in [0.3, 0.4) is 0 Å². The van der Waals surface area contributed by atoms with Crippen LogP contribution in [0.25, 0.3) is 0 Å². The van der Waals surface area contributed by atoms with E-state index in [1.807, 2.05) is 6.08 Å². The van der Waals surface area contributed by atoms with Gasteiger partial charge in [-0.05, 0) is 70.6 Å². The zero-order valence-electron chi connectivity index (χ0n) is 59.8. The van der Waals surface area contributed by atoms with E-state index in [2.05, 4.69) is 55.6 Å². The largest absolute Gasteiger partial charge is 0.394 e. The van der Waals surface area contributed by atoms with Crippen molar-refractivity contribution in [1.29, 1.82) is 0 Å². The Kier molecular flexibility index (Phi) is 59.3. The van der Waals surface area contributed by atoms with Gasteiger partial charge in [-0.15, -0.1) is 0 Å². The van der Waals surface area contributed by atoms with E-state index in [1.54, 1.807) is 6.08 Å². The van der Waals surface area contributed by atoms with Crippen LogP contribution in [0, 0.1) is 0 Å². The molecule has 93 heavy (non-hydrogen) atoms. The molecule has 2 fully saturated rings. The lowest BCUT2D eigenvalue weighted by atomic mass is 9.97. The molecular weight excluding hydrogens is 1170 g/mol. The summed E-state index contributed by atoms with van der Waals surface area (Å²) in [6, 6.07) is -0.939. The molecule has 12 unspecified atom stereocenters. The Morgan fingerprint density at radius 1 is 0.376 bits per heavy atom. The van der Waals surface area contributed by atoms with Crippen molar-refractivity contribution >= 4 is 5.91 Å². The molecule has 14 nitrogen and oxygen atoms in total. The number of ether oxygens (including phenoxy) is 4. The second-order valence-corrected chi connectivity index (χ2v) is 27.8. The predicted molar refractivity (Wildman–Crippen MR) is 383 cm³/mol. The Hall–Kier alpha value is -2.05. The van der Waals surface area contributed by atoms with E-state index < -0.39 is 86.8 Å². The third-order valence-electron chi connectivity index (χ3n) is 19.2. The molecule has 9 N–H and O–H groups in total. The number of carbonyl (C=O) groups excluding carboxylic acids is 1. The second-order valence-electron chi connectivity index (χ2n) is 27.8. The van der Waals surface area contributed by atoms with Crippen LogP contribution in [-0.2, 0) is 23.7 Å². The number of aliphatic hydroxyl groups is 8. The van der Waals surface area contributed by atoms with Gasteiger partial charge in [0, 0.05) is 6.42 Å². The maximum atomic E-state index is 13.4. The van der Waals surface area contributed by atoms with Gasteiger partial charge in [-0.2, -0.15) is 0 Å². The highest BCUT2D eigenvalue weighted by Gasteiger charge is 2.51. The van der Waals surface area contributed by atoms with Crippen molar-refractivity contribution in [2.45, 2.75) is 428 Å². The Bertz CT molecular complexity index is 1750. The number of hydrogen-bond acceptors (Lipinski definition) is 13. The fourth-order valence-electron chi connectivity index (χ4n) is 13.0. The van der Waals surface area contributed by atoms with Gasteiger partial charge in [-0.1, -0.05) is 326 Å². The molecule has 0 saturated carbocycles. The predicted octanol–water partition coefficient (Wildman–Crippen LogP) is 17.4. The number of allylic oxidation sites excluding steroid dienone is 7. The van der Waals surface area contributed by atoms with Crippen molar-refractivity contribution in [3.8, 4) is 0 Å². The Morgan fingerprint density at radius 3 is 1.05 bits per heavy atom. The van der Waals surface area contributed by atoms with Crippen molar-refractivity contribution in [1.82, 2.24) is 5.32 Å². The van der Waals surface area contributed by atoms with E-state index in [4.69, 9.17) is 18.9 Å². The number of hydrogen-bond donors (Lipinski definition) is 9. The first-order valence-electron chi connectivity index (χ1n) is 39.4. The molecule has 0 aliphatic carbocycles. The van der Waals surface area contributed by atoms with E-state index in [1.165, 1.54) is 276 Å². The molecule has 0 radical (unpaired) electrons. The van der Waals surface area contributed by atoms with Crippen molar-refractivity contribution in [3.63, 3.8) is 0 Å². The maximum absolute atomic E-state index is 13.4. The zero-order valence-corrected chi connectivity index (χ0v) is 59.8. The van der Waals surface area contributed by atoms with Gasteiger partial charge in [0.2, 0.25) is 5.91 Å². The second kappa shape index (κ2) is 63.4. The van der Waals surface area contributed by atoms with Gasteiger partial charge in [0.25, 0.3) is 0 Å². The number of nitrogens with one attached hydrogen (secondary N) is 1. The normalized spacial score (nSPS) is 22.8. The molecule has 1 amide bonds. The fourth-order valence-corrected chi connectivity index (χ4v) is 13.0. The third kappa shape index (κ3) is 46.8. The maximum Gasteiger partial charge on any atom is 0.220 e. The summed E-state index contributed by atoms with van der Waals surface area (Å²) < 4.78 is 22.9. The molecular formula is C79H147NO13. The lowest BCUT2D eigenvalue weighted by molar-refractivity contribution is -0.359. The zero-order chi connectivity index (χ0) is 67.3. The Labute approximate surface area is 569 Å². The summed E-state index contributed by atoms with van der Waals surface area (Å²) in [5.41, 5.74) is 0. The molecule has 0 spiro atoms. The first-order chi connectivity index (χ1) is 45.6. The number of carbonyl (C=O) groups is 1. The molecule has 2 heterocycles. The Morgan fingerprint density at radius 2 is 0.688 bits per heavy atom. The van der Waals surface area contributed by atoms with Crippen molar-refractivity contribution in [2.75, 3.05) is 19.8 Å². The fraction of sp³-hybridized carbons (Fsp3) is 0.886. The smallest absolute Gasteiger partial charge is 0.220 e. The highest BCUT2D eigenvalue weighted by molar-refractivity contribution is 5.76. The summed E-state index contributed by atoms with van der Waals surface area (Å²) in [7, 11) is 0. The summed E-state index contributed by atoms with van der Waals surface area (Å²) in [6.45, 7) is 2.82. The molecule has 2 saturated heterocycles. The van der Waals surface area contributed by atoms with E-state index >= 15 is 0 Å². The van der Waals surface area contributed by atoms with Crippen LogP contribution in [-0.4, -0.2) is 140 Å². The molecule has 0 aromatic carbocycles. The van der Waals surface area contributed by atoms with Crippen LogP contribution in [0.5, 0.6) is 0 Å². The standard InChI is InChI=1S/C79H147NO13/c1-3-5-7-9-11-13-15-17-19-21-23-25-27-28-29-30-31-32-33-34-35-36-37-38-39-40-41-43-45-47-49-51-53-55-57-59-61-63-71(84)80-67(66-90-78-76(89)74(87)77(70(65-82)92-78)93-79-75(88)73(86)72(85)69(64-81)91-79)68(83)62-60-58-56-54-52-50-48-46-44-42-26-24-22-20-18-16-14-12-10-8-6-4-2/h21,23,44,46,52,54,60,62,67-70,72-79,81-83,85-89H,3-20,22,24-43,45,47-51,53,55-59,61,63-66H2,1-2H3,(H,80,84)/b23-21-,46-44+,54-52+,62-60+. The van der Waals surface area contributed by atoms with Crippen LogP contribution >= 0.6 is 0 Å². The Balaban J connectivity index is 1.60. The minimum atomic E-state index is -1.79. The van der Waals surface area contributed by atoms with Crippen molar-refractivity contribution in [3.05, 3.63) is 48.6 Å². The van der Waals surface area contributed by atoms with Crippen LogP contribution in [0.4, 0.5) is 0 Å². The first kappa shape index (κ1) is 87.0. The van der Waals surface area contributed by atoms with Gasteiger partial charge in [-0.25, -0.2) is 0 Å². The summed E-state index contributed by atoms with van der Waals surface area (Å²) in [4.78, 5) is 13.4. The minimum Gasteiger partial charge on any atom is -0.394 e. The SMILES string of the molecule is CCCCCCCCCC/C=C\CCCCCCCCCCCCCCCCCCCCCCCCCCCC(=O)NC(COC1OC(CO)C(OC2OC(CO)C(O)C(O)C2O)C(O)C1O)C(O)/C=C/CC/C=C/CC/C=C/CCCCCCCCCCCCCC. The lowest BCUT2D eigenvalue weighted by Gasteiger charge is -2.46. The first-order valence-corrected chi connectivity index (χ1v) is 39.4.